The summed E-state index contributed by atoms with van der Waals surface area (Å²) in [6, 6.07) is 19.2. The maximum atomic E-state index is 12.5. The highest BCUT2D eigenvalue weighted by Crippen LogP contribution is 2.25. The number of nitro groups is 1. The third kappa shape index (κ3) is 3.78. The average molecular weight is 421 g/mol. The third-order valence-corrected chi connectivity index (χ3v) is 4.83. The number of fused-ring (bicyclic) bond motifs is 1. The van der Waals surface area contributed by atoms with Gasteiger partial charge in [0.1, 0.15) is 5.58 Å². The molecule has 4 aromatic rings. The number of rotatable bonds is 4. The van der Waals surface area contributed by atoms with Crippen molar-refractivity contribution in [3.8, 4) is 11.1 Å². The molecule has 0 saturated carbocycles. The van der Waals surface area contributed by atoms with Gasteiger partial charge in [-0.05, 0) is 35.9 Å². The van der Waals surface area contributed by atoms with Gasteiger partial charge in [0, 0.05) is 23.2 Å². The van der Waals surface area contributed by atoms with Crippen LogP contribution in [0.3, 0.4) is 0 Å². The lowest BCUT2D eigenvalue weighted by molar-refractivity contribution is -0.384. The minimum atomic E-state index is -0.600. The molecule has 1 heterocycles. The number of non-ortho nitro benzene ring substituents is 1. The molecule has 0 fully saturated rings. The van der Waals surface area contributed by atoms with E-state index >= 15 is 0 Å². The van der Waals surface area contributed by atoms with E-state index in [1.807, 2.05) is 12.1 Å². The Morgan fingerprint density at radius 2 is 1.73 bits per heavy atom. The topological polar surface area (TPSA) is 102 Å². The van der Waals surface area contributed by atoms with E-state index in [1.165, 1.54) is 12.1 Å². The van der Waals surface area contributed by atoms with Crippen LogP contribution in [0, 0.1) is 10.1 Å². The zero-order valence-corrected chi connectivity index (χ0v) is 16.1. The number of hydrogen-bond donors (Lipinski definition) is 1. The lowest BCUT2D eigenvalue weighted by Crippen LogP contribution is -2.13. The molecule has 0 atom stereocenters. The number of carbonyl (C=O) groups excluding carboxylic acids is 1. The molecule has 0 bridgehead atoms. The first-order chi connectivity index (χ1) is 14.4. The van der Waals surface area contributed by atoms with Gasteiger partial charge in [-0.25, -0.2) is 4.79 Å². The van der Waals surface area contributed by atoms with Crippen LogP contribution in [0.15, 0.2) is 82.0 Å². The summed E-state index contributed by atoms with van der Waals surface area (Å²) >= 11 is 6.00. The second-order valence-electron chi connectivity index (χ2n) is 6.44. The van der Waals surface area contributed by atoms with Gasteiger partial charge in [-0.15, -0.1) is 0 Å². The maximum absolute atomic E-state index is 12.5. The van der Waals surface area contributed by atoms with Gasteiger partial charge in [0.2, 0.25) is 0 Å². The molecule has 4 rings (SSSR count). The van der Waals surface area contributed by atoms with Crippen molar-refractivity contribution < 1.29 is 14.1 Å². The summed E-state index contributed by atoms with van der Waals surface area (Å²) in [5.74, 6) is -0.582. The number of carbonyl (C=O) groups is 1. The van der Waals surface area contributed by atoms with Crippen LogP contribution in [0.4, 0.5) is 11.4 Å². The van der Waals surface area contributed by atoms with E-state index in [1.54, 1.807) is 42.5 Å². The zero-order chi connectivity index (χ0) is 21.3. The molecule has 0 aliphatic rings. The average Bonchev–Trinajstić information content (AvgIpc) is 2.74. The highest BCUT2D eigenvalue weighted by Gasteiger charge is 2.16. The summed E-state index contributed by atoms with van der Waals surface area (Å²) in [7, 11) is 0. The molecule has 7 nitrogen and oxygen atoms in total. The van der Waals surface area contributed by atoms with Crippen molar-refractivity contribution in [1.82, 2.24) is 0 Å². The molecule has 0 aliphatic carbocycles. The van der Waals surface area contributed by atoms with Crippen molar-refractivity contribution in [2.24, 2.45) is 0 Å². The lowest BCUT2D eigenvalue weighted by atomic mass is 10.1. The van der Waals surface area contributed by atoms with E-state index < -0.39 is 16.5 Å². The van der Waals surface area contributed by atoms with Gasteiger partial charge in [0.25, 0.3) is 11.6 Å². The van der Waals surface area contributed by atoms with E-state index in [2.05, 4.69) is 5.32 Å². The van der Waals surface area contributed by atoms with Gasteiger partial charge in [-0.2, -0.15) is 0 Å². The molecule has 1 aromatic heterocycles. The minimum absolute atomic E-state index is 0.00915. The minimum Gasteiger partial charge on any atom is -0.422 e. The number of benzene rings is 3. The Bertz CT molecular complexity index is 1350. The molecular formula is C22H13ClN2O5. The second kappa shape index (κ2) is 7.81. The molecule has 3 aromatic carbocycles. The van der Waals surface area contributed by atoms with Crippen molar-refractivity contribution in [2.45, 2.75) is 0 Å². The van der Waals surface area contributed by atoms with Crippen molar-refractivity contribution in [2.75, 3.05) is 5.32 Å². The SMILES string of the molecule is O=C(Nc1ccc(-c2cc3ccccc3oc2=O)cc1)c1cc([N+](=O)[O-])ccc1Cl. The number of nitro benzene ring substituents is 1. The molecule has 0 radical (unpaired) electrons. The van der Waals surface area contributed by atoms with Gasteiger partial charge in [0.15, 0.2) is 0 Å². The number of halogens is 1. The largest absolute Gasteiger partial charge is 0.422 e. The highest BCUT2D eigenvalue weighted by molar-refractivity contribution is 6.34. The monoisotopic (exact) mass is 420 g/mol. The summed E-state index contributed by atoms with van der Waals surface area (Å²) in [6.07, 6.45) is 0. The van der Waals surface area contributed by atoms with Crippen molar-refractivity contribution in [1.29, 1.82) is 0 Å². The Labute approximate surface area is 174 Å². The normalized spacial score (nSPS) is 10.7. The fourth-order valence-electron chi connectivity index (χ4n) is 3.00. The molecule has 8 heteroatoms. The molecular weight excluding hydrogens is 408 g/mol. The van der Waals surface area contributed by atoms with Crippen LogP contribution in [0.1, 0.15) is 10.4 Å². The van der Waals surface area contributed by atoms with E-state index in [-0.39, 0.29) is 16.3 Å². The van der Waals surface area contributed by atoms with E-state index in [4.69, 9.17) is 16.0 Å². The Morgan fingerprint density at radius 1 is 1.00 bits per heavy atom. The first-order valence-electron chi connectivity index (χ1n) is 8.81. The second-order valence-corrected chi connectivity index (χ2v) is 6.85. The number of para-hydroxylation sites is 1. The van der Waals surface area contributed by atoms with E-state index in [9.17, 15) is 19.7 Å². The molecule has 0 unspecified atom stereocenters. The van der Waals surface area contributed by atoms with E-state index in [0.29, 0.717) is 22.4 Å². The first-order valence-corrected chi connectivity index (χ1v) is 9.19. The number of nitrogens with one attached hydrogen (secondary N) is 1. The maximum Gasteiger partial charge on any atom is 0.344 e. The van der Waals surface area contributed by atoms with Crippen LogP contribution < -0.4 is 10.9 Å². The first kappa shape index (κ1) is 19.4. The van der Waals surface area contributed by atoms with Gasteiger partial charge < -0.3 is 9.73 Å². The predicted octanol–water partition coefficient (Wildman–Crippen LogP) is 5.27. The summed E-state index contributed by atoms with van der Waals surface area (Å²) in [5.41, 5.74) is 1.26. The molecule has 148 valence electrons. The number of anilines is 1. The summed E-state index contributed by atoms with van der Waals surface area (Å²) in [5, 5.41) is 14.5. The molecule has 0 aliphatic heterocycles. The van der Waals surface area contributed by atoms with Crippen molar-refractivity contribution in [3.63, 3.8) is 0 Å². The van der Waals surface area contributed by atoms with Crippen LogP contribution in [-0.4, -0.2) is 10.8 Å². The summed E-state index contributed by atoms with van der Waals surface area (Å²) in [4.78, 5) is 35.1. The van der Waals surface area contributed by atoms with Crippen LogP contribution in [0.2, 0.25) is 5.02 Å². The Morgan fingerprint density at radius 3 is 2.47 bits per heavy atom. The molecule has 30 heavy (non-hydrogen) atoms. The number of hydrogen-bond acceptors (Lipinski definition) is 5. The van der Waals surface area contributed by atoms with Crippen molar-refractivity contribution >= 4 is 39.9 Å². The fraction of sp³-hybridized carbons (Fsp3) is 0. The third-order valence-electron chi connectivity index (χ3n) is 4.50. The number of nitrogens with zero attached hydrogens (tertiary/aromatic N) is 1. The summed E-state index contributed by atoms with van der Waals surface area (Å²) < 4.78 is 5.35. The number of amides is 1. The zero-order valence-electron chi connectivity index (χ0n) is 15.3. The standard InChI is InChI=1S/C22H13ClN2O5/c23-19-10-9-16(25(28)29)12-18(19)21(26)24-15-7-5-13(6-8-15)17-11-14-3-1-2-4-20(14)30-22(17)27/h1-12H,(H,24,26). The van der Waals surface area contributed by atoms with Crippen LogP contribution in [0.25, 0.3) is 22.1 Å². The van der Waals surface area contributed by atoms with Crippen LogP contribution >= 0.6 is 11.6 Å². The van der Waals surface area contributed by atoms with Gasteiger partial charge in [0.05, 0.1) is 21.1 Å². The smallest absolute Gasteiger partial charge is 0.344 e. The Hall–Kier alpha value is -3.97. The van der Waals surface area contributed by atoms with Crippen LogP contribution in [-0.2, 0) is 0 Å². The molecule has 1 N–H and O–H groups in total. The fourth-order valence-corrected chi connectivity index (χ4v) is 3.20. The molecule has 1 amide bonds. The Kier molecular flexibility index (Phi) is 5.04. The Balaban J connectivity index is 1.60. The van der Waals surface area contributed by atoms with Gasteiger partial charge >= 0.3 is 5.63 Å². The van der Waals surface area contributed by atoms with Gasteiger partial charge in [-0.3, -0.25) is 14.9 Å². The van der Waals surface area contributed by atoms with Gasteiger partial charge in [-0.1, -0.05) is 41.9 Å². The molecule has 0 spiro atoms. The molecule has 0 saturated heterocycles. The lowest BCUT2D eigenvalue weighted by Gasteiger charge is -2.08. The van der Waals surface area contributed by atoms with Crippen molar-refractivity contribution in [3.05, 3.63) is 104 Å². The van der Waals surface area contributed by atoms with E-state index in [0.717, 1.165) is 11.5 Å². The summed E-state index contributed by atoms with van der Waals surface area (Å²) in [6.45, 7) is 0. The predicted molar refractivity (Wildman–Crippen MR) is 114 cm³/mol. The quantitative estimate of drug-likeness (QED) is 0.275. The van der Waals surface area contributed by atoms with Crippen LogP contribution in [0.5, 0.6) is 0 Å². The highest BCUT2D eigenvalue weighted by atomic mass is 35.5.